The van der Waals surface area contributed by atoms with Crippen LogP contribution in [0, 0.1) is 11.3 Å². The van der Waals surface area contributed by atoms with Gasteiger partial charge in [-0.25, -0.2) is 0 Å². The predicted molar refractivity (Wildman–Crippen MR) is 148 cm³/mol. The number of amides is 1. The fourth-order valence-electron chi connectivity index (χ4n) is 7.57. The molecule has 0 aromatic rings. The number of hydrogen-bond acceptors (Lipinski definition) is 7. The van der Waals surface area contributed by atoms with E-state index in [1.807, 2.05) is 0 Å². The lowest BCUT2D eigenvalue weighted by Crippen LogP contribution is -2.65. The van der Waals surface area contributed by atoms with Crippen LogP contribution in [0.1, 0.15) is 64.2 Å². The molecular formula is C27H49ClF3N7O. The van der Waals surface area contributed by atoms with E-state index in [1.165, 1.54) is 37.0 Å². The number of piperazine rings is 1. The van der Waals surface area contributed by atoms with Crippen LogP contribution < -0.4 is 27.4 Å². The van der Waals surface area contributed by atoms with E-state index in [2.05, 4.69) is 20.9 Å². The maximum absolute atomic E-state index is 13.9. The highest BCUT2D eigenvalue weighted by Gasteiger charge is 2.43. The first-order valence-electron chi connectivity index (χ1n) is 15.0. The molecule has 8 nitrogen and oxygen atoms in total. The molecule has 1 amide bonds. The maximum Gasteiger partial charge on any atom is 0.401 e. The van der Waals surface area contributed by atoms with Crippen LogP contribution in [0.5, 0.6) is 0 Å². The van der Waals surface area contributed by atoms with Crippen LogP contribution in [-0.4, -0.2) is 104 Å². The average molecular weight is 580 g/mol. The second-order valence-electron chi connectivity index (χ2n) is 12.5. The Morgan fingerprint density at radius 3 is 2.38 bits per heavy atom. The maximum atomic E-state index is 13.9. The standard InChI is InChI=1S/C27H49ClF3N7O/c28-19-5-4-9-26(7-2-1-3-8-26)15-20(35-16-19)23(24(32)33)25(39)36-21-17-34-10-6-22(21)38-13-11-37(12-14-38)18-27(29,30)31/h19-24,34-35H,1-18,32-33H2,(H,36,39). The van der Waals surface area contributed by atoms with E-state index in [9.17, 15) is 18.0 Å². The average Bonchev–Trinajstić information content (AvgIpc) is 2.94. The minimum atomic E-state index is -4.19. The van der Waals surface area contributed by atoms with Crippen molar-refractivity contribution in [3.63, 3.8) is 0 Å². The van der Waals surface area contributed by atoms with Gasteiger partial charge in [0.2, 0.25) is 5.91 Å². The zero-order valence-corrected chi connectivity index (χ0v) is 23.9. The van der Waals surface area contributed by atoms with E-state index in [-0.39, 0.29) is 34.8 Å². The highest BCUT2D eigenvalue weighted by molar-refractivity contribution is 6.20. The molecular weight excluding hydrogens is 531 g/mol. The molecule has 5 atom stereocenters. The summed E-state index contributed by atoms with van der Waals surface area (Å²) in [6.45, 7) is 3.01. The molecule has 12 heteroatoms. The molecule has 3 heterocycles. The van der Waals surface area contributed by atoms with Gasteiger partial charge in [-0.1, -0.05) is 25.7 Å². The molecule has 4 fully saturated rings. The molecule has 226 valence electrons. The summed E-state index contributed by atoms with van der Waals surface area (Å²) in [7, 11) is 0. The lowest BCUT2D eigenvalue weighted by Gasteiger charge is -2.45. The number of nitrogens with one attached hydrogen (secondary N) is 3. The van der Waals surface area contributed by atoms with Crippen molar-refractivity contribution in [3.05, 3.63) is 0 Å². The van der Waals surface area contributed by atoms with Crippen LogP contribution in [0.15, 0.2) is 0 Å². The van der Waals surface area contributed by atoms with Crippen molar-refractivity contribution in [1.82, 2.24) is 25.8 Å². The number of nitrogens with zero attached hydrogens (tertiary/aromatic N) is 2. The molecule has 39 heavy (non-hydrogen) atoms. The third-order valence-corrected chi connectivity index (χ3v) is 9.97. The summed E-state index contributed by atoms with van der Waals surface area (Å²) in [5.41, 5.74) is 12.8. The number of carbonyl (C=O) groups is 1. The zero-order valence-electron chi connectivity index (χ0n) is 23.2. The second-order valence-corrected chi connectivity index (χ2v) is 13.1. The number of piperidine rings is 1. The Morgan fingerprint density at radius 2 is 1.72 bits per heavy atom. The Morgan fingerprint density at radius 1 is 1.03 bits per heavy atom. The van der Waals surface area contributed by atoms with Gasteiger partial charge in [-0.2, -0.15) is 13.2 Å². The van der Waals surface area contributed by atoms with Crippen molar-refractivity contribution >= 4 is 17.5 Å². The minimum absolute atomic E-state index is 0.00638. The number of carbonyl (C=O) groups excluding carboxylic acids is 1. The normalized spacial score (nSPS) is 32.8. The lowest BCUT2D eigenvalue weighted by atomic mass is 9.66. The molecule has 0 aromatic carbocycles. The summed E-state index contributed by atoms with van der Waals surface area (Å²) in [4.78, 5) is 17.6. The topological polar surface area (TPSA) is 112 Å². The van der Waals surface area contributed by atoms with Gasteiger partial charge in [0.25, 0.3) is 0 Å². The van der Waals surface area contributed by atoms with Crippen LogP contribution in [0.3, 0.4) is 0 Å². The predicted octanol–water partition coefficient (Wildman–Crippen LogP) is 1.96. The lowest BCUT2D eigenvalue weighted by molar-refractivity contribution is -0.150. The first-order chi connectivity index (χ1) is 18.6. The van der Waals surface area contributed by atoms with Crippen LogP contribution >= 0.6 is 11.6 Å². The molecule has 0 aromatic heterocycles. The van der Waals surface area contributed by atoms with Crippen molar-refractivity contribution in [2.75, 3.05) is 52.4 Å². The van der Waals surface area contributed by atoms with Crippen LogP contribution in [0.4, 0.5) is 13.2 Å². The monoisotopic (exact) mass is 579 g/mol. The van der Waals surface area contributed by atoms with E-state index >= 15 is 0 Å². The van der Waals surface area contributed by atoms with Gasteiger partial charge in [-0.05, 0) is 50.5 Å². The molecule has 0 radical (unpaired) electrons. The van der Waals surface area contributed by atoms with Gasteiger partial charge in [-0.15, -0.1) is 11.6 Å². The summed E-state index contributed by atoms with van der Waals surface area (Å²) in [5.74, 6) is -0.745. The molecule has 1 saturated carbocycles. The van der Waals surface area contributed by atoms with Gasteiger partial charge in [0.1, 0.15) is 0 Å². The van der Waals surface area contributed by atoms with E-state index < -0.39 is 24.8 Å². The molecule has 5 unspecified atom stereocenters. The molecule has 4 aliphatic rings. The summed E-state index contributed by atoms with van der Waals surface area (Å²) >= 11 is 6.62. The Balaban J connectivity index is 1.43. The zero-order chi connectivity index (χ0) is 28.0. The highest BCUT2D eigenvalue weighted by Crippen LogP contribution is 2.46. The first kappa shape index (κ1) is 31.3. The van der Waals surface area contributed by atoms with Crippen molar-refractivity contribution in [3.8, 4) is 0 Å². The summed E-state index contributed by atoms with van der Waals surface area (Å²) in [6, 6.07) is -0.269. The van der Waals surface area contributed by atoms with Crippen LogP contribution in [0.25, 0.3) is 0 Å². The van der Waals surface area contributed by atoms with Gasteiger partial charge in [0.05, 0.1) is 24.7 Å². The molecule has 1 aliphatic carbocycles. The second kappa shape index (κ2) is 14.0. The Hall–Kier alpha value is -0.690. The first-order valence-corrected chi connectivity index (χ1v) is 15.4. The van der Waals surface area contributed by atoms with Gasteiger partial charge in [-0.3, -0.25) is 14.6 Å². The minimum Gasteiger partial charge on any atom is -0.350 e. The van der Waals surface area contributed by atoms with Gasteiger partial charge >= 0.3 is 6.18 Å². The van der Waals surface area contributed by atoms with Gasteiger partial charge < -0.3 is 27.4 Å². The molecule has 4 rings (SSSR count). The van der Waals surface area contributed by atoms with E-state index in [0.29, 0.717) is 39.3 Å². The Labute approximate surface area is 236 Å². The smallest absolute Gasteiger partial charge is 0.350 e. The van der Waals surface area contributed by atoms with Crippen molar-refractivity contribution < 1.29 is 18.0 Å². The van der Waals surface area contributed by atoms with Gasteiger partial charge in [0, 0.05) is 56.7 Å². The molecule has 3 aliphatic heterocycles. The van der Waals surface area contributed by atoms with Crippen molar-refractivity contribution in [2.45, 2.75) is 100 Å². The molecule has 1 spiro atoms. The van der Waals surface area contributed by atoms with Gasteiger partial charge in [0.15, 0.2) is 0 Å². The number of rotatable bonds is 6. The van der Waals surface area contributed by atoms with Crippen molar-refractivity contribution in [1.29, 1.82) is 0 Å². The van der Waals surface area contributed by atoms with E-state index in [0.717, 1.165) is 38.6 Å². The van der Waals surface area contributed by atoms with Crippen LogP contribution in [0.2, 0.25) is 0 Å². The SMILES string of the molecule is NC(N)C(C(=O)NC1CNCCC1N1CCN(CC(F)(F)F)CC1)C1CC2(CCCCC2)CCCC(Cl)CN1. The summed E-state index contributed by atoms with van der Waals surface area (Å²) < 4.78 is 38.6. The molecule has 0 bridgehead atoms. The fraction of sp³-hybridized carbons (Fsp3) is 0.963. The highest BCUT2D eigenvalue weighted by atomic mass is 35.5. The number of alkyl halides is 4. The summed E-state index contributed by atoms with van der Waals surface area (Å²) in [6.07, 6.45) is 5.89. The number of hydrogen-bond donors (Lipinski definition) is 5. The third kappa shape index (κ3) is 8.90. The molecule has 7 N–H and O–H groups in total. The van der Waals surface area contributed by atoms with Crippen molar-refractivity contribution in [2.24, 2.45) is 22.8 Å². The largest absolute Gasteiger partial charge is 0.401 e. The Kier molecular flexibility index (Phi) is 11.2. The van der Waals surface area contributed by atoms with Crippen LogP contribution in [-0.2, 0) is 4.79 Å². The third-order valence-electron chi connectivity index (χ3n) is 9.60. The molecule has 3 saturated heterocycles. The Bertz CT molecular complexity index is 775. The summed E-state index contributed by atoms with van der Waals surface area (Å²) in [5, 5.41) is 10.3. The fourth-order valence-corrected chi connectivity index (χ4v) is 7.81. The van der Waals surface area contributed by atoms with E-state index in [1.54, 1.807) is 0 Å². The number of halogens is 4. The quantitative estimate of drug-likeness (QED) is 0.242. The number of nitrogens with two attached hydrogens (primary N) is 2. The van der Waals surface area contributed by atoms with E-state index in [4.69, 9.17) is 23.1 Å².